The zero-order valence-electron chi connectivity index (χ0n) is 11.8. The zero-order chi connectivity index (χ0) is 13.1. The summed E-state index contributed by atoms with van der Waals surface area (Å²) in [6, 6.07) is 9.58. The van der Waals surface area contributed by atoms with Crippen LogP contribution in [-0.4, -0.2) is 37.6 Å². The van der Waals surface area contributed by atoms with Crippen molar-refractivity contribution in [2.75, 3.05) is 31.6 Å². The van der Waals surface area contributed by atoms with Crippen molar-refractivity contribution in [2.24, 2.45) is 5.73 Å². The number of nitrogens with two attached hydrogens (primary N) is 1. The molecule has 2 N–H and O–H groups in total. The van der Waals surface area contributed by atoms with Gasteiger partial charge in [0.25, 0.3) is 0 Å². The van der Waals surface area contributed by atoms with Gasteiger partial charge in [-0.15, -0.1) is 0 Å². The van der Waals surface area contributed by atoms with Crippen LogP contribution in [0, 0.1) is 0 Å². The minimum atomic E-state index is 0.273. The number of hydrogen-bond acceptors (Lipinski definition) is 3. The summed E-state index contributed by atoms with van der Waals surface area (Å²) in [7, 11) is 2.16. The summed E-state index contributed by atoms with van der Waals surface area (Å²) in [6.07, 6.45) is 1.10. The lowest BCUT2D eigenvalue weighted by atomic mass is 10.0. The fourth-order valence-electron chi connectivity index (χ4n) is 2.95. The molecule has 0 radical (unpaired) electrons. The molecule has 1 aromatic carbocycles. The topological polar surface area (TPSA) is 32.5 Å². The average molecular weight is 247 g/mol. The molecular weight excluding hydrogens is 222 g/mol. The molecular formula is C15H25N3. The fourth-order valence-corrected chi connectivity index (χ4v) is 2.95. The first kappa shape index (κ1) is 13.4. The van der Waals surface area contributed by atoms with Gasteiger partial charge in [0.05, 0.1) is 0 Å². The van der Waals surface area contributed by atoms with Gasteiger partial charge in [-0.05, 0) is 45.0 Å². The van der Waals surface area contributed by atoms with E-state index in [2.05, 4.69) is 55.0 Å². The Balaban J connectivity index is 2.17. The summed E-state index contributed by atoms with van der Waals surface area (Å²) in [6.45, 7) is 7.59. The average Bonchev–Trinajstić information content (AvgIpc) is 2.72. The first-order valence-corrected chi connectivity index (χ1v) is 6.98. The lowest BCUT2D eigenvalue weighted by molar-refractivity contribution is 0.304. The van der Waals surface area contributed by atoms with Gasteiger partial charge in [-0.1, -0.05) is 12.1 Å². The highest BCUT2D eigenvalue weighted by Gasteiger charge is 2.29. The third kappa shape index (κ3) is 2.52. The van der Waals surface area contributed by atoms with Gasteiger partial charge in [-0.3, -0.25) is 4.90 Å². The summed E-state index contributed by atoms with van der Waals surface area (Å²) in [5, 5.41) is 0. The Morgan fingerprint density at radius 1 is 1.22 bits per heavy atom. The Morgan fingerprint density at radius 2 is 1.83 bits per heavy atom. The van der Waals surface area contributed by atoms with E-state index in [1.165, 1.54) is 11.3 Å². The molecule has 3 nitrogen and oxygen atoms in total. The molecule has 0 bridgehead atoms. The van der Waals surface area contributed by atoms with Crippen LogP contribution in [0.5, 0.6) is 0 Å². The SMILES string of the molecule is CCN(CC)c1ccc(C2C(N)CCN2C)cc1. The Hall–Kier alpha value is -1.06. The van der Waals surface area contributed by atoms with Crippen LogP contribution in [0.2, 0.25) is 0 Å². The van der Waals surface area contributed by atoms with Crippen molar-refractivity contribution in [3.05, 3.63) is 29.8 Å². The minimum absolute atomic E-state index is 0.273. The second-order valence-corrected chi connectivity index (χ2v) is 5.14. The van der Waals surface area contributed by atoms with Crippen LogP contribution >= 0.6 is 0 Å². The molecule has 2 unspecified atom stereocenters. The molecule has 1 fully saturated rings. The van der Waals surface area contributed by atoms with E-state index in [4.69, 9.17) is 5.73 Å². The molecule has 0 amide bonds. The maximum atomic E-state index is 6.20. The van der Waals surface area contributed by atoms with E-state index in [0.29, 0.717) is 6.04 Å². The van der Waals surface area contributed by atoms with Crippen LogP contribution in [0.3, 0.4) is 0 Å². The van der Waals surface area contributed by atoms with E-state index < -0.39 is 0 Å². The van der Waals surface area contributed by atoms with Crippen LogP contribution in [0.4, 0.5) is 5.69 Å². The summed E-state index contributed by atoms with van der Waals surface area (Å²) >= 11 is 0. The van der Waals surface area contributed by atoms with Gasteiger partial charge >= 0.3 is 0 Å². The summed E-state index contributed by atoms with van der Waals surface area (Å²) in [4.78, 5) is 4.72. The Labute approximate surface area is 111 Å². The van der Waals surface area contributed by atoms with Gasteiger partial charge in [0, 0.05) is 37.4 Å². The van der Waals surface area contributed by atoms with E-state index in [1.807, 2.05) is 0 Å². The Morgan fingerprint density at radius 3 is 2.28 bits per heavy atom. The van der Waals surface area contributed by atoms with E-state index in [1.54, 1.807) is 0 Å². The van der Waals surface area contributed by atoms with Gasteiger partial charge in [-0.25, -0.2) is 0 Å². The van der Waals surface area contributed by atoms with Gasteiger partial charge in [0.2, 0.25) is 0 Å². The highest BCUT2D eigenvalue weighted by atomic mass is 15.2. The van der Waals surface area contributed by atoms with Crippen molar-refractivity contribution >= 4 is 5.69 Å². The monoisotopic (exact) mass is 247 g/mol. The first-order chi connectivity index (χ1) is 8.67. The number of benzene rings is 1. The smallest absolute Gasteiger partial charge is 0.0496 e. The van der Waals surface area contributed by atoms with Crippen LogP contribution in [0.1, 0.15) is 31.9 Å². The van der Waals surface area contributed by atoms with Gasteiger partial charge in [0.15, 0.2) is 0 Å². The molecule has 3 heteroatoms. The predicted octanol–water partition coefficient (Wildman–Crippen LogP) is 2.24. The van der Waals surface area contributed by atoms with E-state index in [-0.39, 0.29) is 6.04 Å². The van der Waals surface area contributed by atoms with E-state index in [9.17, 15) is 0 Å². The number of likely N-dealkylation sites (tertiary alicyclic amines) is 1. The number of nitrogens with zero attached hydrogens (tertiary/aromatic N) is 2. The number of rotatable bonds is 4. The number of likely N-dealkylation sites (N-methyl/N-ethyl adjacent to an activating group) is 1. The Kier molecular flexibility index (Phi) is 4.25. The third-order valence-electron chi connectivity index (χ3n) is 4.06. The molecule has 1 aliphatic heterocycles. The number of anilines is 1. The van der Waals surface area contributed by atoms with E-state index in [0.717, 1.165) is 26.1 Å². The standard InChI is InChI=1S/C15H25N3/c1-4-18(5-2)13-8-6-12(7-9-13)15-14(16)10-11-17(15)3/h6-9,14-15H,4-5,10-11,16H2,1-3H3. The molecule has 0 aromatic heterocycles. The van der Waals surface area contributed by atoms with Gasteiger partial charge in [-0.2, -0.15) is 0 Å². The highest BCUT2D eigenvalue weighted by Crippen LogP contribution is 2.30. The van der Waals surface area contributed by atoms with Crippen molar-refractivity contribution in [2.45, 2.75) is 32.4 Å². The molecule has 0 saturated carbocycles. The van der Waals surface area contributed by atoms with Crippen molar-refractivity contribution < 1.29 is 0 Å². The summed E-state index contributed by atoms with van der Waals surface area (Å²) < 4.78 is 0. The zero-order valence-corrected chi connectivity index (χ0v) is 11.8. The van der Waals surface area contributed by atoms with Crippen LogP contribution in [0.25, 0.3) is 0 Å². The maximum absolute atomic E-state index is 6.20. The highest BCUT2D eigenvalue weighted by molar-refractivity contribution is 5.48. The summed E-state index contributed by atoms with van der Waals surface area (Å²) in [5.41, 5.74) is 8.85. The number of hydrogen-bond donors (Lipinski definition) is 1. The predicted molar refractivity (Wildman–Crippen MR) is 78.0 cm³/mol. The Bertz CT molecular complexity index is 360. The quantitative estimate of drug-likeness (QED) is 0.885. The van der Waals surface area contributed by atoms with Crippen molar-refractivity contribution in [3.8, 4) is 0 Å². The third-order valence-corrected chi connectivity index (χ3v) is 4.06. The van der Waals surface area contributed by atoms with Crippen molar-refractivity contribution in [3.63, 3.8) is 0 Å². The summed E-state index contributed by atoms with van der Waals surface area (Å²) in [5.74, 6) is 0. The fraction of sp³-hybridized carbons (Fsp3) is 0.600. The van der Waals surface area contributed by atoms with Gasteiger partial charge < -0.3 is 10.6 Å². The van der Waals surface area contributed by atoms with Crippen molar-refractivity contribution in [1.29, 1.82) is 0 Å². The minimum Gasteiger partial charge on any atom is -0.372 e. The maximum Gasteiger partial charge on any atom is 0.0496 e. The van der Waals surface area contributed by atoms with Crippen LogP contribution in [0.15, 0.2) is 24.3 Å². The molecule has 1 aliphatic rings. The second-order valence-electron chi connectivity index (χ2n) is 5.14. The second kappa shape index (κ2) is 5.72. The van der Waals surface area contributed by atoms with Crippen LogP contribution in [-0.2, 0) is 0 Å². The molecule has 1 aromatic rings. The molecule has 100 valence electrons. The van der Waals surface area contributed by atoms with E-state index >= 15 is 0 Å². The largest absolute Gasteiger partial charge is 0.372 e. The molecule has 18 heavy (non-hydrogen) atoms. The molecule has 2 rings (SSSR count). The van der Waals surface area contributed by atoms with Gasteiger partial charge in [0.1, 0.15) is 0 Å². The molecule has 2 atom stereocenters. The van der Waals surface area contributed by atoms with Crippen molar-refractivity contribution in [1.82, 2.24) is 4.90 Å². The first-order valence-electron chi connectivity index (χ1n) is 6.98. The molecule has 0 aliphatic carbocycles. The lowest BCUT2D eigenvalue weighted by Crippen LogP contribution is -2.29. The van der Waals surface area contributed by atoms with Crippen LogP contribution < -0.4 is 10.6 Å². The molecule has 1 heterocycles. The normalized spacial score (nSPS) is 24.4. The molecule has 0 spiro atoms. The molecule has 1 saturated heterocycles. The lowest BCUT2D eigenvalue weighted by Gasteiger charge is -2.25.